The number of nitrogens with two attached hydrogens (primary N) is 1. The second kappa shape index (κ2) is 5.50. The normalized spacial score (nSPS) is 21.1. The number of Topliss-reactive ketones (excluding diaryl/α,β-unsaturated/α-hetero) is 1. The van der Waals surface area contributed by atoms with E-state index in [1.54, 1.807) is 0 Å². The molecule has 0 aromatic carbocycles. The van der Waals surface area contributed by atoms with Crippen molar-refractivity contribution in [1.82, 2.24) is 0 Å². The summed E-state index contributed by atoms with van der Waals surface area (Å²) < 4.78 is 0. The van der Waals surface area contributed by atoms with Gasteiger partial charge >= 0.3 is 0 Å². The van der Waals surface area contributed by atoms with Crippen LogP contribution in [0.15, 0.2) is 0 Å². The Morgan fingerprint density at radius 3 is 2.36 bits per heavy atom. The summed E-state index contributed by atoms with van der Waals surface area (Å²) in [7, 11) is 0. The van der Waals surface area contributed by atoms with Crippen LogP contribution in [0.2, 0.25) is 0 Å². The highest BCUT2D eigenvalue weighted by molar-refractivity contribution is 5.84. The molecule has 2 nitrogen and oxygen atoms in total. The molecule has 0 radical (unpaired) electrons. The number of carbonyl (C=O) groups is 1. The lowest BCUT2D eigenvalue weighted by atomic mass is 9.83. The maximum Gasteiger partial charge on any atom is 0.150 e. The summed E-state index contributed by atoms with van der Waals surface area (Å²) in [6.45, 7) is 4.03. The van der Waals surface area contributed by atoms with E-state index in [4.69, 9.17) is 5.73 Å². The van der Waals surface area contributed by atoms with Crippen LogP contribution < -0.4 is 5.73 Å². The van der Waals surface area contributed by atoms with Gasteiger partial charge in [-0.25, -0.2) is 0 Å². The van der Waals surface area contributed by atoms with Crippen molar-refractivity contribution in [3.05, 3.63) is 0 Å². The molecule has 0 aromatic heterocycles. The van der Waals surface area contributed by atoms with E-state index >= 15 is 0 Å². The van der Waals surface area contributed by atoms with Gasteiger partial charge in [-0.1, -0.05) is 46.0 Å². The summed E-state index contributed by atoms with van der Waals surface area (Å²) in [5.41, 5.74) is 5.83. The van der Waals surface area contributed by atoms with Gasteiger partial charge in [0.2, 0.25) is 0 Å². The largest absolute Gasteiger partial charge is 0.321 e. The summed E-state index contributed by atoms with van der Waals surface area (Å²) >= 11 is 0. The molecule has 1 fully saturated rings. The summed E-state index contributed by atoms with van der Waals surface area (Å²) in [6.07, 6.45) is 7.14. The molecule has 0 saturated heterocycles. The molecule has 2 N–H and O–H groups in total. The third-order valence-electron chi connectivity index (χ3n) is 3.30. The van der Waals surface area contributed by atoms with Gasteiger partial charge in [-0.05, 0) is 11.8 Å². The number of hydrogen-bond donors (Lipinski definition) is 1. The van der Waals surface area contributed by atoms with Crippen LogP contribution in [0.3, 0.4) is 0 Å². The molecular weight excluding hydrogens is 174 g/mol. The first-order valence-corrected chi connectivity index (χ1v) is 5.89. The Morgan fingerprint density at radius 1 is 1.29 bits per heavy atom. The predicted octanol–water partition coefficient (Wildman–Crippen LogP) is 2.51. The molecule has 0 aliphatic heterocycles. The Balaban J connectivity index is 2.31. The third-order valence-corrected chi connectivity index (χ3v) is 3.30. The molecule has 0 bridgehead atoms. The fraction of sp³-hybridized carbons (Fsp3) is 0.917. The van der Waals surface area contributed by atoms with Crippen LogP contribution in [0.25, 0.3) is 0 Å². The minimum Gasteiger partial charge on any atom is -0.321 e. The van der Waals surface area contributed by atoms with Crippen molar-refractivity contribution < 1.29 is 4.79 Å². The fourth-order valence-corrected chi connectivity index (χ4v) is 2.18. The first-order chi connectivity index (χ1) is 6.61. The lowest BCUT2D eigenvalue weighted by molar-refractivity contribution is -0.122. The van der Waals surface area contributed by atoms with E-state index in [1.807, 2.05) is 13.8 Å². The zero-order chi connectivity index (χ0) is 10.6. The average Bonchev–Trinajstić information content (AvgIpc) is 2.18. The molecule has 82 valence electrons. The zero-order valence-corrected chi connectivity index (χ0v) is 9.46. The van der Waals surface area contributed by atoms with Crippen molar-refractivity contribution in [3.63, 3.8) is 0 Å². The van der Waals surface area contributed by atoms with E-state index in [2.05, 4.69) is 0 Å². The molecule has 1 aliphatic rings. The molecule has 1 rings (SSSR count). The molecule has 0 amide bonds. The minimum absolute atomic E-state index is 0.239. The molecule has 2 heteroatoms. The molecule has 0 spiro atoms. The molecule has 1 aliphatic carbocycles. The van der Waals surface area contributed by atoms with Crippen molar-refractivity contribution in [2.75, 3.05) is 0 Å². The molecule has 14 heavy (non-hydrogen) atoms. The minimum atomic E-state index is -0.239. The molecule has 1 saturated carbocycles. The topological polar surface area (TPSA) is 43.1 Å². The van der Waals surface area contributed by atoms with Gasteiger partial charge in [0.1, 0.15) is 5.78 Å². The van der Waals surface area contributed by atoms with Crippen LogP contribution in [0.4, 0.5) is 0 Å². The van der Waals surface area contributed by atoms with Crippen LogP contribution in [0.1, 0.15) is 52.4 Å². The predicted molar refractivity (Wildman–Crippen MR) is 59.0 cm³/mol. The van der Waals surface area contributed by atoms with Gasteiger partial charge < -0.3 is 5.73 Å². The van der Waals surface area contributed by atoms with Crippen molar-refractivity contribution in [2.24, 2.45) is 17.6 Å². The SMILES string of the molecule is CC(C)C(N)C(=O)CC1CCCCC1. The second-order valence-corrected chi connectivity index (χ2v) is 4.94. The van der Waals surface area contributed by atoms with Crippen molar-refractivity contribution in [2.45, 2.75) is 58.4 Å². The van der Waals surface area contributed by atoms with Crippen LogP contribution in [0.5, 0.6) is 0 Å². The van der Waals surface area contributed by atoms with Gasteiger partial charge in [0.15, 0.2) is 0 Å². The van der Waals surface area contributed by atoms with Crippen LogP contribution in [0, 0.1) is 11.8 Å². The Hall–Kier alpha value is -0.370. The molecule has 0 aromatic rings. The number of carbonyl (C=O) groups excluding carboxylic acids is 1. The lowest BCUT2D eigenvalue weighted by Gasteiger charge is -2.23. The van der Waals surface area contributed by atoms with Gasteiger partial charge in [0.05, 0.1) is 6.04 Å². The van der Waals surface area contributed by atoms with Crippen molar-refractivity contribution >= 4 is 5.78 Å². The standard InChI is InChI=1S/C12H23NO/c1-9(2)12(13)11(14)8-10-6-4-3-5-7-10/h9-10,12H,3-8,13H2,1-2H3. The van der Waals surface area contributed by atoms with Crippen molar-refractivity contribution in [1.29, 1.82) is 0 Å². The smallest absolute Gasteiger partial charge is 0.150 e. The molecule has 0 heterocycles. The second-order valence-electron chi connectivity index (χ2n) is 4.94. The Labute approximate surface area is 87.2 Å². The highest BCUT2D eigenvalue weighted by Crippen LogP contribution is 2.27. The third kappa shape index (κ3) is 3.41. The quantitative estimate of drug-likeness (QED) is 0.752. The number of hydrogen-bond acceptors (Lipinski definition) is 2. The highest BCUT2D eigenvalue weighted by Gasteiger charge is 2.22. The summed E-state index contributed by atoms with van der Waals surface area (Å²) in [6, 6.07) is -0.239. The van der Waals surface area contributed by atoms with E-state index in [0.29, 0.717) is 5.92 Å². The van der Waals surface area contributed by atoms with Crippen molar-refractivity contribution in [3.8, 4) is 0 Å². The number of rotatable bonds is 4. The van der Waals surface area contributed by atoms with Crippen LogP contribution in [-0.2, 0) is 4.79 Å². The fourth-order valence-electron chi connectivity index (χ4n) is 2.18. The maximum absolute atomic E-state index is 11.7. The summed E-state index contributed by atoms with van der Waals surface area (Å²) in [5.74, 6) is 1.18. The first kappa shape index (κ1) is 11.7. The van der Waals surface area contributed by atoms with E-state index in [0.717, 1.165) is 6.42 Å². The van der Waals surface area contributed by atoms with Crippen LogP contribution >= 0.6 is 0 Å². The molecule has 1 atom stereocenters. The van der Waals surface area contributed by atoms with E-state index in [9.17, 15) is 4.79 Å². The Kier molecular flexibility index (Phi) is 4.59. The van der Waals surface area contributed by atoms with Gasteiger partial charge in [0.25, 0.3) is 0 Å². The average molecular weight is 197 g/mol. The van der Waals surface area contributed by atoms with Gasteiger partial charge in [-0.2, -0.15) is 0 Å². The molecule has 1 unspecified atom stereocenters. The van der Waals surface area contributed by atoms with E-state index in [-0.39, 0.29) is 17.7 Å². The van der Waals surface area contributed by atoms with Crippen LogP contribution in [-0.4, -0.2) is 11.8 Å². The first-order valence-electron chi connectivity index (χ1n) is 5.89. The Bertz CT molecular complexity index is 183. The number of ketones is 1. The maximum atomic E-state index is 11.7. The molecular formula is C12H23NO. The summed E-state index contributed by atoms with van der Waals surface area (Å²) in [4.78, 5) is 11.7. The van der Waals surface area contributed by atoms with E-state index in [1.165, 1.54) is 32.1 Å². The lowest BCUT2D eigenvalue weighted by Crippen LogP contribution is -2.36. The highest BCUT2D eigenvalue weighted by atomic mass is 16.1. The van der Waals surface area contributed by atoms with Gasteiger partial charge in [-0.15, -0.1) is 0 Å². The monoisotopic (exact) mass is 197 g/mol. The van der Waals surface area contributed by atoms with Gasteiger partial charge in [0, 0.05) is 6.42 Å². The summed E-state index contributed by atoms with van der Waals surface area (Å²) in [5, 5.41) is 0. The van der Waals surface area contributed by atoms with E-state index < -0.39 is 0 Å². The zero-order valence-electron chi connectivity index (χ0n) is 9.46. The Morgan fingerprint density at radius 2 is 1.86 bits per heavy atom. The van der Waals surface area contributed by atoms with Gasteiger partial charge in [-0.3, -0.25) is 4.79 Å².